The fraction of sp³-hybridized carbons (Fsp3) is 0.803. The minimum absolute atomic E-state index is 0.0242. The Morgan fingerprint density at radius 1 is 0.485 bits per heavy atom. The van der Waals surface area contributed by atoms with Crippen LogP contribution in [-0.4, -0.2) is 256 Å². The lowest BCUT2D eigenvalue weighted by molar-refractivity contribution is -0.138. The summed E-state index contributed by atoms with van der Waals surface area (Å²) in [6.07, 6.45) is 6.91. The van der Waals surface area contributed by atoms with Gasteiger partial charge < -0.3 is 69.0 Å². The average Bonchev–Trinajstić information content (AvgIpc) is 0.950. The van der Waals surface area contributed by atoms with E-state index in [9.17, 15) is 38.4 Å². The number of ether oxygens (including phenoxy) is 4. The van der Waals surface area contributed by atoms with E-state index in [1.165, 1.54) is 9.80 Å². The number of carbonyl (C=O) groups is 8. The van der Waals surface area contributed by atoms with Crippen LogP contribution in [0.15, 0.2) is 29.4 Å². The second kappa shape index (κ2) is 57.9. The zero-order valence-electron chi connectivity index (χ0n) is 63.5. The highest BCUT2D eigenvalue weighted by atomic mass is 35.5. The van der Waals surface area contributed by atoms with Crippen molar-refractivity contribution in [3.05, 3.63) is 24.4 Å². The number of carboxylic acids is 2. The Labute approximate surface area is 637 Å². The van der Waals surface area contributed by atoms with Gasteiger partial charge in [0.1, 0.15) is 28.4 Å². The predicted octanol–water partition coefficient (Wildman–Crippen LogP) is 15.9. The number of halogens is 1. The molecule has 99 heavy (non-hydrogen) atoms. The first-order valence-electron chi connectivity index (χ1n) is 32.5. The second-order valence-corrected chi connectivity index (χ2v) is 40.9. The zero-order chi connectivity index (χ0) is 77.9. The molecular weight excluding hydrogens is 1470 g/mol. The molecule has 5 amide bonds. The van der Waals surface area contributed by atoms with Gasteiger partial charge in [0.15, 0.2) is 0 Å². The standard InChI is InChI=1S/C18H33ClN2O5S2.C17H34N2O4S2.C10H21NO2.C8H16O3S2.C7H9NOS2.C6H12O2S/c1-17(2,3)26-16(24)21(7)11-10-20(6)14(22)8-9-18(4,5)28-27-13-12-25-15(19)23;1-16(2,3)23-15(22)19(7)11-10-18(6)14(21)8-9-17(4,5)25-24-13-12-20;1-6-7-8-11(5)9(12)13-10(2,3)4;1-8(2,4-3-7(10)11)13-12-6-5-9;9-5-6-10-11-7-3-1-2-4-8-7;1-6(2,9)4-3-5(7)8/h8-13H2,1-7H3;20H,8-13H2,1-7H3;6-8H2,1-5H3;9H,3-6H2,1-2H3,(H,10,11);1-4,9H,5-6H2;9H,3-4H2,1-2H3,(H,7,8). The molecular formula is C66H125ClN6O17S9. The van der Waals surface area contributed by atoms with Crippen molar-refractivity contribution in [2.75, 3.05) is 117 Å². The number of carbonyl (C=O) groups excluding carboxylic acids is 6. The molecule has 0 radical (unpaired) electrons. The van der Waals surface area contributed by atoms with E-state index in [0.717, 1.165) is 36.6 Å². The van der Waals surface area contributed by atoms with Crippen molar-refractivity contribution in [1.82, 2.24) is 29.5 Å². The minimum Gasteiger partial charge on any atom is -0.481 e. The number of hydrogen-bond donors (Lipinski definition) is 6. The topological polar surface area (TPSA) is 304 Å². The molecule has 0 saturated heterocycles. The fourth-order valence-corrected chi connectivity index (χ4v) is 15.0. The van der Waals surface area contributed by atoms with E-state index in [0.29, 0.717) is 75.5 Å². The van der Waals surface area contributed by atoms with Crippen molar-refractivity contribution in [2.45, 2.75) is 230 Å². The molecule has 0 aliphatic rings. The summed E-state index contributed by atoms with van der Waals surface area (Å²) >= 11 is 9.27. The Kier molecular flexibility index (Phi) is 61.5. The van der Waals surface area contributed by atoms with Crippen LogP contribution in [0, 0.1) is 0 Å². The number of likely N-dealkylation sites (N-methyl/N-ethyl adjacent to an activating group) is 4. The van der Waals surface area contributed by atoms with Gasteiger partial charge in [0.25, 0.3) is 0 Å². The van der Waals surface area contributed by atoms with Crippen molar-refractivity contribution in [3.63, 3.8) is 0 Å². The van der Waals surface area contributed by atoms with E-state index in [4.69, 9.17) is 51.3 Å². The summed E-state index contributed by atoms with van der Waals surface area (Å²) in [5.41, 5.74) is -2.25. The predicted molar refractivity (Wildman–Crippen MR) is 425 cm³/mol. The lowest BCUT2D eigenvalue weighted by Crippen LogP contribution is -2.40. The number of thiol groups is 1. The number of amides is 5. The third-order valence-electron chi connectivity index (χ3n) is 11.7. The van der Waals surface area contributed by atoms with Gasteiger partial charge >= 0.3 is 35.6 Å². The Morgan fingerprint density at radius 2 is 0.818 bits per heavy atom. The van der Waals surface area contributed by atoms with Crippen molar-refractivity contribution in [1.29, 1.82) is 0 Å². The highest BCUT2D eigenvalue weighted by Crippen LogP contribution is 2.40. The number of nitrogens with zero attached hydrogens (tertiary/aromatic N) is 6. The van der Waals surface area contributed by atoms with Crippen LogP contribution < -0.4 is 0 Å². The maximum absolute atomic E-state index is 12.4. The fourth-order valence-electron chi connectivity index (χ4n) is 6.05. The number of aliphatic carboxylic acids is 2. The lowest BCUT2D eigenvalue weighted by Gasteiger charge is -2.27. The van der Waals surface area contributed by atoms with Crippen LogP contribution in [0.2, 0.25) is 0 Å². The van der Waals surface area contributed by atoms with E-state index < -0.39 is 40.3 Å². The van der Waals surface area contributed by atoms with E-state index in [1.54, 1.807) is 142 Å². The van der Waals surface area contributed by atoms with Crippen LogP contribution in [0.25, 0.3) is 0 Å². The number of carboxylic acid groups (broad SMARTS) is 2. The SMILES string of the molecule is CC(C)(CCC(=O)O)SSCCO.CC(C)(S)CCC(=O)O.CCCCN(C)C(=O)OC(C)(C)C.CN(CCN(C)C(=O)OC(C)(C)C)C(=O)CCC(C)(C)SSCCO.CN(CCN(C)C(=O)OC(C)(C)C)C(=O)CCC(C)(C)SSCCOC(=O)Cl.OCCSSc1ccccn1. The third kappa shape index (κ3) is 76.6. The summed E-state index contributed by atoms with van der Waals surface area (Å²) in [7, 11) is 21.6. The zero-order valence-corrected chi connectivity index (χ0v) is 71.7. The van der Waals surface area contributed by atoms with E-state index in [2.05, 4.69) is 57.0 Å². The number of aromatic nitrogens is 1. The summed E-state index contributed by atoms with van der Waals surface area (Å²) in [6.45, 7) is 38.2. The van der Waals surface area contributed by atoms with Crippen LogP contribution in [0.1, 0.15) is 189 Å². The van der Waals surface area contributed by atoms with Crippen LogP contribution in [0.4, 0.5) is 19.2 Å². The molecule has 1 heterocycles. The van der Waals surface area contributed by atoms with Gasteiger partial charge in [0, 0.05) is 153 Å². The van der Waals surface area contributed by atoms with E-state index >= 15 is 0 Å². The molecule has 5 N–H and O–H groups in total. The number of aliphatic hydroxyl groups excluding tert-OH is 3. The summed E-state index contributed by atoms with van der Waals surface area (Å²) in [6, 6.07) is 5.80. The second-order valence-electron chi connectivity index (χ2n) is 27.6. The number of unbranched alkanes of at least 4 members (excludes halogenated alkanes) is 1. The molecule has 0 aromatic carbocycles. The molecule has 0 aliphatic heterocycles. The van der Waals surface area contributed by atoms with Crippen LogP contribution in [0.5, 0.6) is 0 Å². The van der Waals surface area contributed by atoms with Crippen LogP contribution >= 0.6 is 111 Å². The first-order chi connectivity index (χ1) is 45.3. The molecule has 0 saturated carbocycles. The number of aliphatic hydroxyl groups is 3. The molecule has 1 aromatic rings. The van der Waals surface area contributed by atoms with E-state index in [-0.39, 0.29) is 82.3 Å². The van der Waals surface area contributed by atoms with Gasteiger partial charge in [-0.25, -0.2) is 24.2 Å². The van der Waals surface area contributed by atoms with Gasteiger partial charge in [-0.3, -0.25) is 19.2 Å². The molecule has 23 nitrogen and oxygen atoms in total. The smallest absolute Gasteiger partial charge is 0.410 e. The maximum Gasteiger partial charge on any atom is 0.410 e. The van der Waals surface area contributed by atoms with Crippen molar-refractivity contribution >= 4 is 158 Å². The Morgan fingerprint density at radius 3 is 1.12 bits per heavy atom. The average molecular weight is 1600 g/mol. The highest BCUT2D eigenvalue weighted by molar-refractivity contribution is 8.78. The summed E-state index contributed by atoms with van der Waals surface area (Å²) in [4.78, 5) is 103. The van der Waals surface area contributed by atoms with Gasteiger partial charge in [0.05, 0.1) is 19.8 Å². The summed E-state index contributed by atoms with van der Waals surface area (Å²) < 4.78 is 20.1. The number of pyridine rings is 1. The Bertz CT molecular complexity index is 2350. The molecule has 0 aliphatic carbocycles. The molecule has 0 unspecified atom stereocenters. The largest absolute Gasteiger partial charge is 0.481 e. The van der Waals surface area contributed by atoms with Gasteiger partial charge in [0.2, 0.25) is 11.8 Å². The van der Waals surface area contributed by atoms with Crippen LogP contribution in [-0.2, 0) is 38.1 Å². The van der Waals surface area contributed by atoms with E-state index in [1.807, 2.05) is 108 Å². The first kappa shape index (κ1) is 105. The summed E-state index contributed by atoms with van der Waals surface area (Å²) in [5, 5.41) is 43.6. The van der Waals surface area contributed by atoms with Gasteiger partial charge in [-0.2, -0.15) is 12.6 Å². The molecule has 582 valence electrons. The summed E-state index contributed by atoms with van der Waals surface area (Å²) in [5.74, 6) is 1.38. The number of rotatable bonds is 38. The normalized spacial score (nSPS) is 11.5. The highest BCUT2D eigenvalue weighted by Gasteiger charge is 2.27. The Balaban J connectivity index is -0.000000375. The van der Waals surface area contributed by atoms with Crippen molar-refractivity contribution in [2.24, 2.45) is 0 Å². The van der Waals surface area contributed by atoms with Gasteiger partial charge in [-0.1, -0.05) is 109 Å². The Hall–Kier alpha value is -2.37. The molecule has 0 fully saturated rings. The molecule has 0 atom stereocenters. The molecule has 1 aromatic heterocycles. The third-order valence-corrected chi connectivity index (χ3v) is 24.2. The first-order valence-corrected chi connectivity index (χ1v) is 42.6. The molecule has 0 bridgehead atoms. The minimum atomic E-state index is -0.796. The number of hydrogen-bond acceptors (Lipinski definition) is 25. The van der Waals surface area contributed by atoms with Gasteiger partial charge in [-0.15, -0.1) is 0 Å². The monoisotopic (exact) mass is 1600 g/mol. The van der Waals surface area contributed by atoms with Crippen molar-refractivity contribution in [3.8, 4) is 0 Å². The van der Waals surface area contributed by atoms with Crippen molar-refractivity contribution < 1.29 is 82.8 Å². The molecule has 33 heteroatoms. The van der Waals surface area contributed by atoms with Gasteiger partial charge in [-0.05, 0) is 159 Å². The maximum atomic E-state index is 12.4. The lowest BCUT2D eigenvalue weighted by atomic mass is 10.1. The quantitative estimate of drug-likeness (QED) is 0.0118. The molecule has 0 spiro atoms. The van der Waals surface area contributed by atoms with Crippen LogP contribution in [0.3, 0.4) is 0 Å². The molecule has 1 rings (SSSR count).